The van der Waals surface area contributed by atoms with E-state index in [9.17, 15) is 18.4 Å². The maximum atomic E-state index is 13.4. The van der Waals surface area contributed by atoms with Crippen LogP contribution in [0.5, 0.6) is 5.75 Å². The molecule has 32 heavy (non-hydrogen) atoms. The molecule has 8 heteroatoms. The van der Waals surface area contributed by atoms with Crippen LogP contribution in [0, 0.1) is 11.6 Å². The Bertz CT molecular complexity index is 1100. The van der Waals surface area contributed by atoms with Gasteiger partial charge >= 0.3 is 0 Å². The number of amides is 2. The van der Waals surface area contributed by atoms with E-state index in [1.165, 1.54) is 6.07 Å². The first kappa shape index (κ1) is 22.9. The van der Waals surface area contributed by atoms with Gasteiger partial charge in [0.2, 0.25) is 5.91 Å². The molecule has 1 atom stereocenters. The molecule has 0 aromatic heterocycles. The van der Waals surface area contributed by atoms with Crippen LogP contribution in [0.2, 0.25) is 0 Å². The molecular weight excluding hydrogens is 416 g/mol. The maximum absolute atomic E-state index is 13.4. The average Bonchev–Trinajstić information content (AvgIpc) is 2.80. The average molecular weight is 439 g/mol. The van der Waals surface area contributed by atoms with E-state index in [0.717, 1.165) is 12.1 Å². The quantitative estimate of drug-likeness (QED) is 0.482. The molecule has 0 fully saturated rings. The molecule has 0 spiro atoms. The Kier molecular flexibility index (Phi) is 7.51. The van der Waals surface area contributed by atoms with Crippen LogP contribution in [0.4, 0.5) is 20.2 Å². The molecule has 0 heterocycles. The van der Waals surface area contributed by atoms with E-state index in [1.807, 2.05) is 0 Å². The van der Waals surface area contributed by atoms with Crippen LogP contribution in [-0.2, 0) is 4.79 Å². The van der Waals surface area contributed by atoms with E-state index >= 15 is 0 Å². The monoisotopic (exact) mass is 439 g/mol. The molecule has 0 unspecified atom stereocenters. The van der Waals surface area contributed by atoms with Crippen molar-refractivity contribution in [1.29, 1.82) is 0 Å². The van der Waals surface area contributed by atoms with Crippen molar-refractivity contribution in [3.8, 4) is 5.75 Å². The van der Waals surface area contributed by atoms with Crippen LogP contribution < -0.4 is 20.7 Å². The first-order valence-electron chi connectivity index (χ1n) is 9.90. The number of carbonyl (C=O) groups is 2. The second-order valence-electron chi connectivity index (χ2n) is 7.05. The van der Waals surface area contributed by atoms with Crippen molar-refractivity contribution >= 4 is 23.2 Å². The number of anilines is 2. The molecule has 3 aromatic rings. The molecule has 0 radical (unpaired) electrons. The third-order valence-electron chi connectivity index (χ3n) is 4.81. The van der Waals surface area contributed by atoms with Gasteiger partial charge in [0.05, 0.1) is 24.9 Å². The van der Waals surface area contributed by atoms with Crippen molar-refractivity contribution in [2.75, 3.05) is 24.3 Å². The number of rotatable bonds is 8. The number of hydrogen-bond donors (Lipinski definition) is 3. The standard InChI is InChI=1S/C24H23F2N3O3/c1-15(16-7-12-20(25)21(26)13-16)27-14-23(30)29-22-6-4-3-5-19(22)24(31)28-17-8-10-18(32-2)11-9-17/h3-13,15,27H,14H2,1-2H3,(H,28,31)(H,29,30)/t15-/m0/s1. The highest BCUT2D eigenvalue weighted by Crippen LogP contribution is 2.20. The summed E-state index contributed by atoms with van der Waals surface area (Å²) in [5.41, 5.74) is 1.74. The van der Waals surface area contributed by atoms with Crippen molar-refractivity contribution in [1.82, 2.24) is 5.32 Å². The summed E-state index contributed by atoms with van der Waals surface area (Å²) in [4.78, 5) is 25.1. The fourth-order valence-electron chi connectivity index (χ4n) is 3.00. The molecule has 166 valence electrons. The van der Waals surface area contributed by atoms with Crippen LogP contribution in [0.15, 0.2) is 66.7 Å². The third kappa shape index (κ3) is 5.89. The largest absolute Gasteiger partial charge is 0.497 e. The van der Waals surface area contributed by atoms with Gasteiger partial charge in [-0.25, -0.2) is 8.78 Å². The molecule has 0 aliphatic carbocycles. The highest BCUT2D eigenvalue weighted by atomic mass is 19.2. The van der Waals surface area contributed by atoms with Gasteiger partial charge in [-0.05, 0) is 61.0 Å². The lowest BCUT2D eigenvalue weighted by molar-refractivity contribution is -0.115. The van der Waals surface area contributed by atoms with E-state index in [0.29, 0.717) is 28.3 Å². The lowest BCUT2D eigenvalue weighted by Gasteiger charge is -2.15. The van der Waals surface area contributed by atoms with Crippen LogP contribution in [0.25, 0.3) is 0 Å². The number of benzene rings is 3. The van der Waals surface area contributed by atoms with Gasteiger partial charge < -0.3 is 20.7 Å². The fourth-order valence-corrected chi connectivity index (χ4v) is 3.00. The zero-order valence-corrected chi connectivity index (χ0v) is 17.6. The lowest BCUT2D eigenvalue weighted by atomic mass is 10.1. The Morgan fingerprint density at radius 2 is 1.66 bits per heavy atom. The first-order valence-corrected chi connectivity index (χ1v) is 9.90. The van der Waals surface area contributed by atoms with E-state index in [-0.39, 0.29) is 24.4 Å². The summed E-state index contributed by atoms with van der Waals surface area (Å²) >= 11 is 0. The van der Waals surface area contributed by atoms with Crippen molar-refractivity contribution < 1.29 is 23.1 Å². The minimum absolute atomic E-state index is 0.0887. The molecule has 0 saturated heterocycles. The zero-order chi connectivity index (χ0) is 23.1. The molecule has 0 saturated carbocycles. The second kappa shape index (κ2) is 10.5. The summed E-state index contributed by atoms with van der Waals surface area (Å²) in [7, 11) is 1.56. The lowest BCUT2D eigenvalue weighted by Crippen LogP contribution is -2.30. The molecule has 0 aliphatic heterocycles. The van der Waals surface area contributed by atoms with E-state index < -0.39 is 11.6 Å². The highest BCUT2D eigenvalue weighted by molar-refractivity contribution is 6.10. The predicted molar refractivity (Wildman–Crippen MR) is 119 cm³/mol. The summed E-state index contributed by atoms with van der Waals surface area (Å²) in [6, 6.07) is 16.7. The topological polar surface area (TPSA) is 79.5 Å². The molecule has 3 aromatic carbocycles. The van der Waals surface area contributed by atoms with Gasteiger partial charge in [0.1, 0.15) is 5.75 Å². The number of ether oxygens (including phenoxy) is 1. The minimum atomic E-state index is -0.947. The molecule has 0 aliphatic rings. The van der Waals surface area contributed by atoms with Gasteiger partial charge in [-0.3, -0.25) is 9.59 Å². The number of para-hydroxylation sites is 1. The zero-order valence-electron chi connectivity index (χ0n) is 17.6. The van der Waals surface area contributed by atoms with Gasteiger partial charge in [0, 0.05) is 11.7 Å². The van der Waals surface area contributed by atoms with Crippen molar-refractivity contribution in [2.45, 2.75) is 13.0 Å². The maximum Gasteiger partial charge on any atom is 0.257 e. The van der Waals surface area contributed by atoms with Crippen LogP contribution in [-0.4, -0.2) is 25.5 Å². The Morgan fingerprint density at radius 3 is 2.34 bits per heavy atom. The molecule has 0 bridgehead atoms. The van der Waals surface area contributed by atoms with Crippen LogP contribution >= 0.6 is 0 Å². The molecule has 3 rings (SSSR count). The van der Waals surface area contributed by atoms with Gasteiger partial charge in [0.15, 0.2) is 11.6 Å². The van der Waals surface area contributed by atoms with Crippen LogP contribution in [0.3, 0.4) is 0 Å². The molecule has 2 amide bonds. The molecule has 3 N–H and O–H groups in total. The number of halogens is 2. The normalized spacial score (nSPS) is 11.5. The summed E-state index contributed by atoms with van der Waals surface area (Å²) < 4.78 is 31.6. The van der Waals surface area contributed by atoms with Gasteiger partial charge in [-0.1, -0.05) is 18.2 Å². The number of hydrogen-bond acceptors (Lipinski definition) is 4. The smallest absolute Gasteiger partial charge is 0.257 e. The number of nitrogens with one attached hydrogen (secondary N) is 3. The van der Waals surface area contributed by atoms with Crippen molar-refractivity contribution in [2.24, 2.45) is 0 Å². The third-order valence-corrected chi connectivity index (χ3v) is 4.81. The van der Waals surface area contributed by atoms with E-state index in [4.69, 9.17) is 4.74 Å². The Hall–Kier alpha value is -3.78. The summed E-state index contributed by atoms with van der Waals surface area (Å²) in [5, 5.41) is 8.43. The second-order valence-corrected chi connectivity index (χ2v) is 7.05. The Morgan fingerprint density at radius 1 is 0.938 bits per heavy atom. The number of methoxy groups -OCH3 is 1. The number of carbonyl (C=O) groups excluding carboxylic acids is 2. The molecular formula is C24H23F2N3O3. The van der Waals surface area contributed by atoms with Gasteiger partial charge in [0.25, 0.3) is 5.91 Å². The summed E-state index contributed by atoms with van der Waals surface area (Å²) in [6.45, 7) is 1.64. The van der Waals surface area contributed by atoms with Crippen molar-refractivity contribution in [3.05, 3.63) is 89.5 Å². The SMILES string of the molecule is COc1ccc(NC(=O)c2ccccc2NC(=O)CN[C@@H](C)c2ccc(F)c(F)c2)cc1. The molecule has 6 nitrogen and oxygen atoms in total. The summed E-state index contributed by atoms with van der Waals surface area (Å²) in [5.74, 6) is -1.97. The van der Waals surface area contributed by atoms with Crippen molar-refractivity contribution in [3.63, 3.8) is 0 Å². The van der Waals surface area contributed by atoms with E-state index in [1.54, 1.807) is 62.6 Å². The predicted octanol–water partition coefficient (Wildman–Crippen LogP) is 4.52. The Labute approximate surface area is 184 Å². The Balaban J connectivity index is 1.61. The van der Waals surface area contributed by atoms with Crippen LogP contribution in [0.1, 0.15) is 28.9 Å². The van der Waals surface area contributed by atoms with Gasteiger partial charge in [-0.2, -0.15) is 0 Å². The van der Waals surface area contributed by atoms with Gasteiger partial charge in [-0.15, -0.1) is 0 Å². The highest BCUT2D eigenvalue weighted by Gasteiger charge is 2.15. The fraction of sp³-hybridized carbons (Fsp3) is 0.167. The summed E-state index contributed by atoms with van der Waals surface area (Å²) in [6.07, 6.45) is 0. The van der Waals surface area contributed by atoms with E-state index in [2.05, 4.69) is 16.0 Å². The minimum Gasteiger partial charge on any atom is -0.497 e. The first-order chi connectivity index (χ1) is 15.4.